The maximum atomic E-state index is 14.0. The molecule has 1 unspecified atom stereocenters. The van der Waals surface area contributed by atoms with Crippen molar-refractivity contribution in [3.8, 4) is 5.75 Å². The molecule has 0 spiro atoms. The Morgan fingerprint density at radius 3 is 1.97 bits per heavy atom. The maximum absolute atomic E-state index is 14.0. The zero-order valence-corrected chi connectivity index (χ0v) is 20.0. The highest BCUT2D eigenvalue weighted by atomic mass is 35.5. The van der Waals surface area contributed by atoms with E-state index >= 15 is 0 Å². The van der Waals surface area contributed by atoms with Crippen LogP contribution in [0.3, 0.4) is 0 Å². The SMILES string of the molecule is CC(C)(Oc1cc(F)c(F)c(F)c1)C(=O)NC(C)(CCc1ccc(Cl)cc1)c1cc(F)cc(F)c1. The van der Waals surface area contributed by atoms with Crippen molar-refractivity contribution in [2.75, 3.05) is 0 Å². The van der Waals surface area contributed by atoms with Crippen LogP contribution in [0.5, 0.6) is 5.75 Å². The molecule has 9 heteroatoms. The summed E-state index contributed by atoms with van der Waals surface area (Å²) >= 11 is 5.92. The number of ether oxygens (including phenoxy) is 1. The van der Waals surface area contributed by atoms with E-state index in [4.69, 9.17) is 16.3 Å². The number of rotatable bonds is 8. The highest BCUT2D eigenvalue weighted by Crippen LogP contribution is 2.30. The summed E-state index contributed by atoms with van der Waals surface area (Å²) in [5.74, 6) is -7.38. The van der Waals surface area contributed by atoms with Gasteiger partial charge in [-0.3, -0.25) is 4.79 Å². The fraction of sp³-hybridized carbons (Fsp3) is 0.269. The lowest BCUT2D eigenvalue weighted by Crippen LogP contribution is -2.54. The van der Waals surface area contributed by atoms with Gasteiger partial charge in [-0.05, 0) is 69.0 Å². The average Bonchev–Trinajstić information content (AvgIpc) is 2.76. The minimum Gasteiger partial charge on any atom is -0.478 e. The summed E-state index contributed by atoms with van der Waals surface area (Å²) in [6.07, 6.45) is 0.654. The third kappa shape index (κ3) is 6.51. The molecule has 1 atom stereocenters. The third-order valence-electron chi connectivity index (χ3n) is 5.59. The van der Waals surface area contributed by atoms with Gasteiger partial charge in [0.05, 0.1) is 5.54 Å². The predicted octanol–water partition coefficient (Wildman–Crippen LogP) is 6.86. The van der Waals surface area contributed by atoms with Crippen LogP contribution in [0.4, 0.5) is 22.0 Å². The summed E-state index contributed by atoms with van der Waals surface area (Å²) in [5, 5.41) is 3.31. The van der Waals surface area contributed by atoms with Crippen LogP contribution in [0.25, 0.3) is 0 Å². The molecule has 0 heterocycles. The summed E-state index contributed by atoms with van der Waals surface area (Å²) in [6.45, 7) is 4.28. The minimum absolute atomic E-state index is 0.173. The number of carbonyl (C=O) groups excluding carboxylic acids is 1. The second-order valence-electron chi connectivity index (χ2n) is 8.88. The Kier molecular flexibility index (Phi) is 7.74. The molecule has 0 aromatic heterocycles. The van der Waals surface area contributed by atoms with Crippen molar-refractivity contribution in [1.82, 2.24) is 5.32 Å². The van der Waals surface area contributed by atoms with E-state index in [9.17, 15) is 26.7 Å². The predicted molar refractivity (Wildman–Crippen MR) is 123 cm³/mol. The molecule has 3 aromatic rings. The largest absolute Gasteiger partial charge is 0.478 e. The Balaban J connectivity index is 1.89. The van der Waals surface area contributed by atoms with E-state index in [1.165, 1.54) is 13.8 Å². The van der Waals surface area contributed by atoms with Crippen LogP contribution in [0, 0.1) is 29.1 Å². The Morgan fingerprint density at radius 1 is 0.886 bits per heavy atom. The first-order chi connectivity index (χ1) is 16.3. The van der Waals surface area contributed by atoms with E-state index in [1.807, 2.05) is 0 Å². The molecule has 1 amide bonds. The fourth-order valence-corrected chi connectivity index (χ4v) is 3.66. The van der Waals surface area contributed by atoms with Gasteiger partial charge in [0.15, 0.2) is 23.1 Å². The van der Waals surface area contributed by atoms with Gasteiger partial charge in [0, 0.05) is 23.2 Å². The summed E-state index contributed by atoms with van der Waals surface area (Å²) in [4.78, 5) is 13.2. The van der Waals surface area contributed by atoms with Crippen molar-refractivity contribution in [3.63, 3.8) is 0 Å². The minimum atomic E-state index is -1.69. The zero-order valence-electron chi connectivity index (χ0n) is 19.2. The quantitative estimate of drug-likeness (QED) is 0.265. The topological polar surface area (TPSA) is 38.3 Å². The van der Waals surface area contributed by atoms with E-state index in [2.05, 4.69) is 5.32 Å². The van der Waals surface area contributed by atoms with Crippen LogP contribution in [0.1, 0.15) is 38.3 Å². The van der Waals surface area contributed by atoms with Gasteiger partial charge >= 0.3 is 0 Å². The molecule has 0 saturated carbocycles. The number of amides is 1. The number of benzene rings is 3. The molecule has 3 nitrogen and oxygen atoms in total. The normalized spacial score (nSPS) is 13.3. The number of carbonyl (C=O) groups is 1. The highest BCUT2D eigenvalue weighted by molar-refractivity contribution is 6.30. The molecule has 0 radical (unpaired) electrons. The molecule has 0 saturated heterocycles. The van der Waals surface area contributed by atoms with Gasteiger partial charge in [-0.15, -0.1) is 0 Å². The molecule has 186 valence electrons. The molecule has 0 fully saturated rings. The van der Waals surface area contributed by atoms with E-state index < -0.39 is 51.9 Å². The zero-order chi connectivity index (χ0) is 26.0. The number of nitrogens with one attached hydrogen (secondary N) is 1. The first kappa shape index (κ1) is 26.5. The van der Waals surface area contributed by atoms with Crippen molar-refractivity contribution in [1.29, 1.82) is 0 Å². The summed E-state index contributed by atoms with van der Waals surface area (Å²) in [5.41, 5.74) is -1.91. The van der Waals surface area contributed by atoms with Crippen LogP contribution in [0.15, 0.2) is 54.6 Å². The van der Waals surface area contributed by atoms with Crippen molar-refractivity contribution < 1.29 is 31.5 Å². The smallest absolute Gasteiger partial charge is 0.264 e. The summed E-state index contributed by atoms with van der Waals surface area (Å²) < 4.78 is 74.0. The van der Waals surface area contributed by atoms with Gasteiger partial charge in [0.2, 0.25) is 0 Å². The van der Waals surface area contributed by atoms with Crippen LogP contribution >= 0.6 is 11.6 Å². The number of hydrogen-bond donors (Lipinski definition) is 1. The summed E-state index contributed by atoms with van der Waals surface area (Å²) in [7, 11) is 0. The highest BCUT2D eigenvalue weighted by Gasteiger charge is 2.37. The van der Waals surface area contributed by atoms with Gasteiger partial charge in [0.25, 0.3) is 5.91 Å². The molecule has 35 heavy (non-hydrogen) atoms. The Morgan fingerprint density at radius 2 is 1.43 bits per heavy atom. The third-order valence-corrected chi connectivity index (χ3v) is 5.85. The van der Waals surface area contributed by atoms with Crippen LogP contribution < -0.4 is 10.1 Å². The van der Waals surface area contributed by atoms with Gasteiger partial charge in [-0.2, -0.15) is 0 Å². The van der Waals surface area contributed by atoms with Crippen LogP contribution in [0.2, 0.25) is 5.02 Å². The van der Waals surface area contributed by atoms with E-state index in [-0.39, 0.29) is 12.0 Å². The lowest BCUT2D eigenvalue weighted by molar-refractivity contribution is -0.136. The van der Waals surface area contributed by atoms with E-state index in [0.29, 0.717) is 23.6 Å². The molecule has 0 aliphatic heterocycles. The van der Waals surface area contributed by atoms with Crippen LogP contribution in [-0.4, -0.2) is 11.5 Å². The van der Waals surface area contributed by atoms with E-state index in [1.54, 1.807) is 31.2 Å². The molecule has 0 bridgehead atoms. The van der Waals surface area contributed by atoms with Gasteiger partial charge in [-0.1, -0.05) is 23.7 Å². The molecular formula is C26H23ClF5NO2. The number of hydrogen-bond acceptors (Lipinski definition) is 2. The Bertz CT molecular complexity index is 1190. The Hall–Kier alpha value is -3.13. The first-order valence-electron chi connectivity index (χ1n) is 10.7. The maximum Gasteiger partial charge on any atom is 0.264 e. The van der Waals surface area contributed by atoms with Crippen molar-refractivity contribution in [3.05, 3.63) is 99.8 Å². The van der Waals surface area contributed by atoms with Crippen LogP contribution in [-0.2, 0) is 16.8 Å². The number of halogens is 6. The first-order valence-corrected chi connectivity index (χ1v) is 11.0. The second-order valence-corrected chi connectivity index (χ2v) is 9.32. The Labute approximate surface area is 204 Å². The molecule has 0 aliphatic carbocycles. The average molecular weight is 512 g/mol. The fourth-order valence-electron chi connectivity index (χ4n) is 3.53. The van der Waals surface area contributed by atoms with Crippen molar-refractivity contribution >= 4 is 17.5 Å². The molecule has 3 aromatic carbocycles. The lowest BCUT2D eigenvalue weighted by Gasteiger charge is -2.36. The van der Waals surface area contributed by atoms with Crippen molar-refractivity contribution in [2.45, 2.75) is 44.8 Å². The van der Waals surface area contributed by atoms with Crippen molar-refractivity contribution in [2.24, 2.45) is 0 Å². The van der Waals surface area contributed by atoms with Gasteiger partial charge in [0.1, 0.15) is 17.4 Å². The molecule has 3 rings (SSSR count). The van der Waals surface area contributed by atoms with E-state index in [0.717, 1.165) is 23.8 Å². The number of aryl methyl sites for hydroxylation is 1. The molecule has 0 aliphatic rings. The second kappa shape index (κ2) is 10.2. The lowest BCUT2D eigenvalue weighted by atomic mass is 9.85. The van der Waals surface area contributed by atoms with Gasteiger partial charge in [-0.25, -0.2) is 22.0 Å². The molecular weight excluding hydrogens is 489 g/mol. The summed E-state index contributed by atoms with van der Waals surface area (Å²) in [6, 6.07) is 11.2. The molecule has 1 N–H and O–H groups in total. The van der Waals surface area contributed by atoms with Gasteiger partial charge < -0.3 is 10.1 Å². The standard InChI is InChI=1S/C26H23ClF5NO2/c1-25(2,35-20-13-21(30)23(32)22(31)14-20)24(34)33-26(3,16-10-18(28)12-19(29)11-16)9-8-15-4-6-17(27)7-5-15/h4-7,10-14H,8-9H2,1-3H3,(H,33,34). The monoisotopic (exact) mass is 511 g/mol.